The highest BCUT2D eigenvalue weighted by Crippen LogP contribution is 2.59. The van der Waals surface area contributed by atoms with Gasteiger partial charge >= 0.3 is 6.18 Å². The van der Waals surface area contributed by atoms with Crippen LogP contribution >= 0.6 is 56.9 Å². The van der Waals surface area contributed by atoms with E-state index in [0.29, 0.717) is 22.6 Å². The van der Waals surface area contributed by atoms with E-state index in [4.69, 9.17) is 0 Å². The first-order valence-corrected chi connectivity index (χ1v) is 25.3. The summed E-state index contributed by atoms with van der Waals surface area (Å²) in [7, 11) is 2.58. The fourth-order valence-electron chi connectivity index (χ4n) is 7.68. The summed E-state index contributed by atoms with van der Waals surface area (Å²) in [6, 6.07) is 51.1. The minimum absolute atomic E-state index is 0.0546. The lowest BCUT2D eigenvalue weighted by atomic mass is 9.86. The lowest BCUT2D eigenvalue weighted by molar-refractivity contribution is -0.386. The first-order chi connectivity index (χ1) is 30.6. The second kappa shape index (κ2) is 20.3. The van der Waals surface area contributed by atoms with Gasteiger partial charge in [0.1, 0.15) is 10.3 Å². The fraction of sp³-hybridized carbons (Fsp3) is 0.137. The van der Waals surface area contributed by atoms with Gasteiger partial charge < -0.3 is 5.11 Å². The molecule has 0 bridgehead atoms. The molecule has 0 amide bonds. The average molecular weight is 932 g/mol. The maximum atomic E-state index is 16.3. The van der Waals surface area contributed by atoms with Crippen LogP contribution < -0.4 is 0 Å². The molecule has 0 spiro atoms. The predicted octanol–water partition coefficient (Wildman–Crippen LogP) is 16.3. The van der Waals surface area contributed by atoms with E-state index in [1.54, 1.807) is 6.92 Å². The van der Waals surface area contributed by atoms with Crippen LogP contribution in [0, 0.1) is 17.0 Å². The molecule has 4 nitrogen and oxygen atoms in total. The molecule has 1 atom stereocenters. The van der Waals surface area contributed by atoms with E-state index in [1.807, 2.05) is 164 Å². The number of rotatable bonds is 16. The molecular formula is C51H40F3NO3S5. The largest absolute Gasteiger partial charge is 0.418 e. The second-order valence-corrected chi connectivity index (χ2v) is 20.0. The molecule has 1 N–H and O–H groups in total. The molecule has 0 aromatic heterocycles. The number of fused-ring (bicyclic) bond motifs is 2. The summed E-state index contributed by atoms with van der Waals surface area (Å²) in [4.78, 5) is 13.5. The Morgan fingerprint density at radius 2 is 1.10 bits per heavy atom. The summed E-state index contributed by atoms with van der Waals surface area (Å²) < 4.78 is 48.8. The number of thioether (sulfide) groups is 3. The number of nitro groups is 1. The summed E-state index contributed by atoms with van der Waals surface area (Å²) in [5.74, 6) is 1.21. The Kier molecular flexibility index (Phi) is 14.5. The number of aliphatic hydroxyl groups is 1. The number of nitro benzene ring substituents is 1. The van der Waals surface area contributed by atoms with Crippen LogP contribution in [-0.2, 0) is 29.2 Å². The Hall–Kier alpha value is -4.82. The predicted molar refractivity (Wildman–Crippen MR) is 262 cm³/mol. The van der Waals surface area contributed by atoms with Gasteiger partial charge in [-0.2, -0.15) is 13.2 Å². The third-order valence-electron chi connectivity index (χ3n) is 10.5. The standard InChI is InChI=1S/C51H40F3NO3S5/c1-33-41-43(48(60-30-35-19-8-3-9-20-35)45(51(52,53)54)47(33)59-29-34-17-6-2-7-18-34)42(40-28-16-26-38-25-14-15-27-39(38)40)44(50(56)61-31-36-21-10-4-11-22-36)49(46(41)55(57)58)63-62-32-37-23-12-5-13-24-37/h2-28,50,56H,29-32H2,1H3. The molecule has 0 aliphatic rings. The van der Waals surface area contributed by atoms with E-state index in [1.165, 1.54) is 33.3 Å². The topological polar surface area (TPSA) is 63.4 Å². The number of nitrogens with zero attached hydrogens (tertiary/aromatic N) is 1. The molecule has 0 radical (unpaired) electrons. The van der Waals surface area contributed by atoms with Crippen molar-refractivity contribution in [2.75, 3.05) is 0 Å². The minimum Gasteiger partial charge on any atom is -0.378 e. The van der Waals surface area contributed by atoms with Gasteiger partial charge in [0.15, 0.2) is 0 Å². The Bertz CT molecular complexity index is 2860. The van der Waals surface area contributed by atoms with Crippen LogP contribution in [-0.4, -0.2) is 10.0 Å². The molecule has 318 valence electrons. The van der Waals surface area contributed by atoms with Crippen LogP contribution in [0.15, 0.2) is 178 Å². The maximum absolute atomic E-state index is 16.3. The monoisotopic (exact) mass is 931 g/mol. The van der Waals surface area contributed by atoms with Crippen molar-refractivity contribution < 1.29 is 23.2 Å². The van der Waals surface area contributed by atoms with E-state index in [-0.39, 0.29) is 53.8 Å². The fourth-order valence-corrected chi connectivity index (χ4v) is 13.7. The molecule has 0 aliphatic heterocycles. The van der Waals surface area contributed by atoms with Crippen LogP contribution in [0.1, 0.15) is 44.4 Å². The van der Waals surface area contributed by atoms with Crippen molar-refractivity contribution in [3.8, 4) is 11.1 Å². The van der Waals surface area contributed by atoms with Gasteiger partial charge in [0, 0.05) is 43.8 Å². The van der Waals surface area contributed by atoms with Crippen molar-refractivity contribution in [2.24, 2.45) is 0 Å². The zero-order valence-electron chi connectivity index (χ0n) is 33.9. The Labute approximate surface area is 385 Å². The van der Waals surface area contributed by atoms with Gasteiger partial charge in [0.05, 0.1) is 15.9 Å². The molecule has 0 saturated carbocycles. The van der Waals surface area contributed by atoms with Gasteiger partial charge in [0.2, 0.25) is 0 Å². The highest BCUT2D eigenvalue weighted by atomic mass is 33.1. The summed E-state index contributed by atoms with van der Waals surface area (Å²) >= 11 is 3.26. The average Bonchev–Trinajstić information content (AvgIpc) is 3.30. The van der Waals surface area contributed by atoms with Gasteiger partial charge in [-0.25, -0.2) is 0 Å². The minimum atomic E-state index is -4.86. The summed E-state index contributed by atoms with van der Waals surface area (Å²) in [6.07, 6.45) is -4.86. The summed E-state index contributed by atoms with van der Waals surface area (Å²) in [5, 5.41) is 28.5. The van der Waals surface area contributed by atoms with Gasteiger partial charge in [-0.1, -0.05) is 175 Å². The van der Waals surface area contributed by atoms with Crippen molar-refractivity contribution in [1.82, 2.24) is 0 Å². The third kappa shape index (κ3) is 10.1. The highest BCUT2D eigenvalue weighted by Gasteiger charge is 2.43. The maximum Gasteiger partial charge on any atom is 0.418 e. The van der Waals surface area contributed by atoms with E-state index < -0.39 is 22.1 Å². The number of aliphatic hydroxyl groups excluding tert-OH is 1. The highest BCUT2D eigenvalue weighted by molar-refractivity contribution is 8.76. The molecule has 1 unspecified atom stereocenters. The Morgan fingerprint density at radius 1 is 0.603 bits per heavy atom. The zero-order chi connectivity index (χ0) is 43.9. The van der Waals surface area contributed by atoms with Gasteiger partial charge in [-0.3, -0.25) is 10.1 Å². The molecule has 12 heteroatoms. The molecule has 0 fully saturated rings. The van der Waals surface area contributed by atoms with Crippen molar-refractivity contribution in [1.29, 1.82) is 0 Å². The van der Waals surface area contributed by atoms with E-state index in [9.17, 15) is 15.2 Å². The molecule has 8 aromatic carbocycles. The van der Waals surface area contributed by atoms with Crippen molar-refractivity contribution in [2.45, 2.75) is 56.2 Å². The van der Waals surface area contributed by atoms with Crippen LogP contribution in [0.4, 0.5) is 18.9 Å². The number of benzene rings is 8. The smallest absolute Gasteiger partial charge is 0.378 e. The molecule has 0 saturated heterocycles. The van der Waals surface area contributed by atoms with Crippen molar-refractivity contribution in [3.05, 3.63) is 213 Å². The van der Waals surface area contributed by atoms with E-state index in [2.05, 4.69) is 0 Å². The summed E-state index contributed by atoms with van der Waals surface area (Å²) in [6.45, 7) is 1.59. The lowest BCUT2D eigenvalue weighted by Crippen LogP contribution is -2.14. The van der Waals surface area contributed by atoms with E-state index >= 15 is 13.2 Å². The van der Waals surface area contributed by atoms with Gasteiger partial charge in [-0.05, 0) is 67.4 Å². The SMILES string of the molecule is Cc1c(SCc2ccccc2)c(C(F)(F)F)c(SCc2ccccc2)c2c(-c3cccc4ccccc34)c(C(O)SCc3ccccc3)c(SSCc3ccccc3)c([N+](=O)[O-])c12. The van der Waals surface area contributed by atoms with Crippen LogP contribution in [0.5, 0.6) is 0 Å². The van der Waals surface area contributed by atoms with Crippen molar-refractivity contribution in [3.63, 3.8) is 0 Å². The molecule has 8 aromatic rings. The molecular weight excluding hydrogens is 892 g/mol. The van der Waals surface area contributed by atoms with Gasteiger partial charge in [-0.15, -0.1) is 35.3 Å². The Balaban J connectivity index is 1.51. The lowest BCUT2D eigenvalue weighted by Gasteiger charge is -2.28. The van der Waals surface area contributed by atoms with Crippen molar-refractivity contribution >= 4 is 84.1 Å². The first kappa shape index (κ1) is 44.8. The Morgan fingerprint density at radius 3 is 1.65 bits per heavy atom. The van der Waals surface area contributed by atoms with Gasteiger partial charge in [0.25, 0.3) is 5.69 Å². The molecule has 0 heterocycles. The number of alkyl halides is 3. The molecule has 0 aliphatic carbocycles. The zero-order valence-corrected chi connectivity index (χ0v) is 38.0. The number of hydrogen-bond acceptors (Lipinski definition) is 8. The second-order valence-electron chi connectivity index (χ2n) is 14.7. The normalized spacial score (nSPS) is 12.2. The summed E-state index contributed by atoms with van der Waals surface area (Å²) in [5.41, 5.74) is 2.33. The van der Waals surface area contributed by atoms with E-state index in [0.717, 1.165) is 56.6 Å². The first-order valence-electron chi connectivity index (χ1n) is 20.0. The van der Waals surface area contributed by atoms with Crippen LogP contribution in [0.3, 0.4) is 0 Å². The number of halogens is 3. The van der Waals surface area contributed by atoms with Crippen LogP contribution in [0.2, 0.25) is 0 Å². The van der Waals surface area contributed by atoms with Crippen LogP contribution in [0.25, 0.3) is 32.7 Å². The molecule has 8 rings (SSSR count). The molecule has 63 heavy (non-hydrogen) atoms. The quantitative estimate of drug-likeness (QED) is 0.0338. The number of aryl methyl sites for hydroxylation is 1. The third-order valence-corrected chi connectivity index (χ3v) is 16.4. The number of hydrogen-bond donors (Lipinski definition) is 1.